The van der Waals surface area contributed by atoms with Crippen LogP contribution in [-0.4, -0.2) is 78.5 Å². The molecule has 2 N–H and O–H groups in total. The summed E-state index contributed by atoms with van der Waals surface area (Å²) in [5, 5.41) is 7.59. The number of nitrogens with zero attached hydrogens (tertiary/aromatic N) is 4. The molecule has 0 spiro atoms. The Morgan fingerprint density at radius 3 is 2.55 bits per heavy atom. The molecule has 164 valence electrons. The van der Waals surface area contributed by atoms with E-state index in [0.717, 1.165) is 48.9 Å². The van der Waals surface area contributed by atoms with Crippen LogP contribution in [0.25, 0.3) is 0 Å². The zero-order valence-electron chi connectivity index (χ0n) is 17.1. The minimum atomic E-state index is -4.40. The average Bonchev–Trinajstić information content (AvgIpc) is 3.10. The minimum Gasteiger partial charge on any atom is -0.357 e. The van der Waals surface area contributed by atoms with Gasteiger partial charge in [0.25, 0.3) is 0 Å². The predicted octanol–water partition coefficient (Wildman–Crippen LogP) is 1.81. The van der Waals surface area contributed by atoms with Gasteiger partial charge in [0.1, 0.15) is 0 Å². The molecule has 0 aliphatic carbocycles. The monoisotopic (exact) mass is 434 g/mol. The molecule has 7 nitrogen and oxygen atoms in total. The molecule has 1 fully saturated rings. The van der Waals surface area contributed by atoms with E-state index in [1.807, 2.05) is 20.8 Å². The van der Waals surface area contributed by atoms with Crippen LogP contribution in [0, 0.1) is 0 Å². The van der Waals surface area contributed by atoms with Crippen molar-refractivity contribution in [2.45, 2.75) is 39.4 Å². The minimum absolute atomic E-state index is 0.0238. The number of halogens is 3. The Morgan fingerprint density at radius 1 is 1.31 bits per heavy atom. The fourth-order valence-electron chi connectivity index (χ4n) is 2.93. The highest BCUT2D eigenvalue weighted by Gasteiger charge is 2.33. The molecule has 0 unspecified atom stereocenters. The first-order valence-corrected chi connectivity index (χ1v) is 10.6. The first-order chi connectivity index (χ1) is 13.7. The lowest BCUT2D eigenvalue weighted by Crippen LogP contribution is -2.54. The van der Waals surface area contributed by atoms with Crippen LogP contribution in [0.3, 0.4) is 0 Å². The van der Waals surface area contributed by atoms with Crippen LogP contribution in [0.4, 0.5) is 13.2 Å². The number of carbonyl (C=O) groups excluding carboxylic acids is 1. The Hall–Kier alpha value is -1.88. The molecule has 1 aliphatic heterocycles. The number of thiazole rings is 1. The maximum Gasteiger partial charge on any atom is 0.434 e. The summed E-state index contributed by atoms with van der Waals surface area (Å²) in [4.78, 5) is 24.3. The standard InChI is InChI=1S/C18H29F3N6OS/c1-4-22-17(23-6-5-16-25-14(12-29-16)18(19,20)21)27-9-7-26(8-10-27)11-15(28)24-13(2)3/h12-13H,4-11H2,1-3H3,(H,22,23)(H,24,28). The molecular formula is C18H29F3N6OS. The fourth-order valence-corrected chi connectivity index (χ4v) is 3.72. The molecule has 0 bridgehead atoms. The molecule has 1 aromatic heterocycles. The van der Waals surface area contributed by atoms with Gasteiger partial charge in [-0.3, -0.25) is 14.7 Å². The van der Waals surface area contributed by atoms with Gasteiger partial charge in [-0.1, -0.05) is 0 Å². The number of piperazine rings is 1. The van der Waals surface area contributed by atoms with Gasteiger partial charge in [0, 0.05) is 57.1 Å². The molecule has 2 heterocycles. The van der Waals surface area contributed by atoms with Crippen molar-refractivity contribution in [1.29, 1.82) is 0 Å². The van der Waals surface area contributed by atoms with Crippen molar-refractivity contribution in [2.75, 3.05) is 45.8 Å². The number of guanidine groups is 1. The zero-order valence-corrected chi connectivity index (χ0v) is 17.9. The van der Waals surface area contributed by atoms with E-state index >= 15 is 0 Å². The number of alkyl halides is 3. The highest BCUT2D eigenvalue weighted by atomic mass is 32.1. The lowest BCUT2D eigenvalue weighted by atomic mass is 10.3. The van der Waals surface area contributed by atoms with Crippen molar-refractivity contribution >= 4 is 23.2 Å². The largest absolute Gasteiger partial charge is 0.434 e. The molecule has 1 amide bonds. The fraction of sp³-hybridized carbons (Fsp3) is 0.722. The van der Waals surface area contributed by atoms with Gasteiger partial charge in [-0.15, -0.1) is 11.3 Å². The molecule has 0 saturated carbocycles. The predicted molar refractivity (Wildman–Crippen MR) is 108 cm³/mol. The van der Waals surface area contributed by atoms with Crippen molar-refractivity contribution in [2.24, 2.45) is 4.99 Å². The van der Waals surface area contributed by atoms with Gasteiger partial charge in [-0.25, -0.2) is 4.98 Å². The summed E-state index contributed by atoms with van der Waals surface area (Å²) in [5.41, 5.74) is -0.842. The number of aliphatic imine (C=N–C) groups is 1. The van der Waals surface area contributed by atoms with Crippen molar-refractivity contribution in [3.63, 3.8) is 0 Å². The number of rotatable bonds is 7. The summed E-state index contributed by atoms with van der Waals surface area (Å²) in [6, 6.07) is 0.126. The van der Waals surface area contributed by atoms with E-state index in [4.69, 9.17) is 0 Å². The highest BCUT2D eigenvalue weighted by Crippen LogP contribution is 2.30. The first-order valence-electron chi connectivity index (χ1n) is 9.75. The Morgan fingerprint density at radius 2 is 2.00 bits per heavy atom. The lowest BCUT2D eigenvalue weighted by Gasteiger charge is -2.36. The Kier molecular flexibility index (Phi) is 8.69. The summed E-state index contributed by atoms with van der Waals surface area (Å²) in [7, 11) is 0. The van der Waals surface area contributed by atoms with Crippen LogP contribution in [0.5, 0.6) is 0 Å². The second kappa shape index (κ2) is 10.8. The molecule has 0 radical (unpaired) electrons. The molecule has 1 aromatic rings. The number of nitrogens with one attached hydrogen (secondary N) is 2. The molecule has 1 saturated heterocycles. The number of aromatic nitrogens is 1. The van der Waals surface area contributed by atoms with Crippen LogP contribution in [-0.2, 0) is 17.4 Å². The van der Waals surface area contributed by atoms with E-state index in [1.165, 1.54) is 0 Å². The van der Waals surface area contributed by atoms with Crippen molar-refractivity contribution < 1.29 is 18.0 Å². The highest BCUT2D eigenvalue weighted by molar-refractivity contribution is 7.09. The normalized spacial score (nSPS) is 16.4. The quantitative estimate of drug-likeness (QED) is 0.506. The SMILES string of the molecule is CCNC(=NCCc1nc(C(F)(F)F)cs1)N1CCN(CC(=O)NC(C)C)CC1. The van der Waals surface area contributed by atoms with Gasteiger partial charge < -0.3 is 15.5 Å². The van der Waals surface area contributed by atoms with Crippen LogP contribution in [0.1, 0.15) is 31.5 Å². The summed E-state index contributed by atoms with van der Waals surface area (Å²) in [6.07, 6.45) is -4.04. The molecule has 0 atom stereocenters. The maximum atomic E-state index is 12.6. The van der Waals surface area contributed by atoms with Crippen molar-refractivity contribution in [3.05, 3.63) is 16.1 Å². The molecule has 0 aromatic carbocycles. The summed E-state index contributed by atoms with van der Waals surface area (Å²) in [6.45, 7) is 10.2. The van der Waals surface area contributed by atoms with E-state index < -0.39 is 11.9 Å². The first kappa shape index (κ1) is 23.4. The number of carbonyl (C=O) groups is 1. The molecule has 29 heavy (non-hydrogen) atoms. The third-order valence-electron chi connectivity index (χ3n) is 4.25. The van der Waals surface area contributed by atoms with Gasteiger partial charge in [-0.2, -0.15) is 13.2 Å². The van der Waals surface area contributed by atoms with Gasteiger partial charge >= 0.3 is 6.18 Å². The molecular weight excluding hydrogens is 405 g/mol. The molecule has 2 rings (SSSR count). The van der Waals surface area contributed by atoms with E-state index in [9.17, 15) is 18.0 Å². The number of hydrogen-bond donors (Lipinski definition) is 2. The second-order valence-electron chi connectivity index (χ2n) is 7.10. The van der Waals surface area contributed by atoms with Gasteiger partial charge in [-0.05, 0) is 20.8 Å². The zero-order chi connectivity index (χ0) is 21.4. The van der Waals surface area contributed by atoms with E-state index in [2.05, 4.69) is 30.4 Å². The summed E-state index contributed by atoms with van der Waals surface area (Å²) in [5.74, 6) is 0.766. The van der Waals surface area contributed by atoms with E-state index in [-0.39, 0.29) is 11.9 Å². The van der Waals surface area contributed by atoms with Crippen LogP contribution < -0.4 is 10.6 Å². The van der Waals surface area contributed by atoms with E-state index in [0.29, 0.717) is 31.1 Å². The summed E-state index contributed by atoms with van der Waals surface area (Å²) < 4.78 is 37.9. The Labute approximate surface area is 173 Å². The lowest BCUT2D eigenvalue weighted by molar-refractivity contribution is -0.140. The number of amides is 1. The van der Waals surface area contributed by atoms with Gasteiger partial charge in [0.05, 0.1) is 11.6 Å². The Balaban J connectivity index is 1.84. The smallest absolute Gasteiger partial charge is 0.357 e. The van der Waals surface area contributed by atoms with Crippen LogP contribution in [0.15, 0.2) is 10.4 Å². The van der Waals surface area contributed by atoms with Crippen molar-refractivity contribution in [1.82, 2.24) is 25.4 Å². The van der Waals surface area contributed by atoms with Crippen LogP contribution in [0.2, 0.25) is 0 Å². The third kappa shape index (κ3) is 7.81. The second-order valence-corrected chi connectivity index (χ2v) is 8.04. The van der Waals surface area contributed by atoms with Crippen molar-refractivity contribution in [3.8, 4) is 0 Å². The molecule has 1 aliphatic rings. The third-order valence-corrected chi connectivity index (χ3v) is 5.16. The number of hydrogen-bond acceptors (Lipinski definition) is 5. The molecule has 11 heteroatoms. The van der Waals surface area contributed by atoms with E-state index in [1.54, 1.807) is 0 Å². The van der Waals surface area contributed by atoms with Gasteiger partial charge in [0.15, 0.2) is 11.7 Å². The van der Waals surface area contributed by atoms with Crippen LogP contribution >= 0.6 is 11.3 Å². The maximum absolute atomic E-state index is 12.6. The Bertz CT molecular complexity index is 683. The van der Waals surface area contributed by atoms with Gasteiger partial charge in [0.2, 0.25) is 5.91 Å². The summed E-state index contributed by atoms with van der Waals surface area (Å²) >= 11 is 1.01. The topological polar surface area (TPSA) is 72.9 Å². The average molecular weight is 435 g/mol.